The van der Waals surface area contributed by atoms with Crippen LogP contribution in [0.4, 0.5) is 5.69 Å². The summed E-state index contributed by atoms with van der Waals surface area (Å²) >= 11 is 0. The van der Waals surface area contributed by atoms with Crippen molar-refractivity contribution in [2.75, 3.05) is 11.4 Å². The monoisotopic (exact) mass is 344 g/mol. The van der Waals surface area contributed by atoms with E-state index in [1.54, 1.807) is 0 Å². The van der Waals surface area contributed by atoms with E-state index in [1.807, 2.05) is 36.4 Å². The Labute approximate surface area is 157 Å². The highest BCUT2D eigenvalue weighted by molar-refractivity contribution is 5.90. The molecule has 26 heavy (non-hydrogen) atoms. The molecule has 1 atom stereocenters. The van der Waals surface area contributed by atoms with Gasteiger partial charge in [0.15, 0.2) is 0 Å². The first-order valence-corrected chi connectivity index (χ1v) is 9.46. The Balaban J connectivity index is 2.11. The summed E-state index contributed by atoms with van der Waals surface area (Å²) in [4.78, 5) is 2.52. The molecule has 1 aliphatic rings. The lowest BCUT2D eigenvalue weighted by molar-refractivity contribution is 0.381. The van der Waals surface area contributed by atoms with Crippen LogP contribution in [0, 0.1) is 18.3 Å². The minimum absolute atomic E-state index is 0.173. The molecule has 3 rings (SSSR count). The average Bonchev–Trinajstić information content (AvgIpc) is 2.60. The first kappa shape index (κ1) is 18.3. The summed E-state index contributed by atoms with van der Waals surface area (Å²) in [5, 5.41) is 9.64. The topological polar surface area (TPSA) is 27.0 Å². The molecule has 1 unspecified atom stereocenters. The van der Waals surface area contributed by atoms with E-state index >= 15 is 0 Å². The number of fused-ring (bicyclic) bond motifs is 1. The van der Waals surface area contributed by atoms with Crippen LogP contribution in [0.2, 0.25) is 0 Å². The van der Waals surface area contributed by atoms with Crippen molar-refractivity contribution in [1.29, 1.82) is 5.26 Å². The molecule has 1 heterocycles. The molecule has 1 aliphatic heterocycles. The van der Waals surface area contributed by atoms with Gasteiger partial charge in [-0.2, -0.15) is 5.26 Å². The molecule has 0 radical (unpaired) electrons. The molecule has 0 N–H and O–H groups in total. The Bertz CT molecular complexity index is 869. The molecule has 0 fully saturated rings. The van der Waals surface area contributed by atoms with Crippen LogP contribution in [-0.2, 0) is 0 Å². The number of benzene rings is 2. The van der Waals surface area contributed by atoms with Crippen LogP contribution in [-0.4, -0.2) is 12.1 Å². The van der Waals surface area contributed by atoms with Crippen molar-refractivity contribution in [2.24, 2.45) is 0 Å². The highest BCUT2D eigenvalue weighted by Gasteiger charge is 2.35. The van der Waals surface area contributed by atoms with Crippen molar-refractivity contribution in [1.82, 2.24) is 0 Å². The van der Waals surface area contributed by atoms with Gasteiger partial charge in [0.2, 0.25) is 0 Å². The smallest absolute Gasteiger partial charge is 0.0998 e. The lowest BCUT2D eigenvalue weighted by atomic mass is 9.79. The van der Waals surface area contributed by atoms with Gasteiger partial charge in [-0.1, -0.05) is 37.3 Å². The molecule has 0 spiro atoms. The summed E-state index contributed by atoms with van der Waals surface area (Å²) in [6, 6.07) is 16.9. The minimum atomic E-state index is 0.173. The summed E-state index contributed by atoms with van der Waals surface area (Å²) < 4.78 is 0. The number of allylic oxidation sites excluding steroid dienone is 1. The Morgan fingerprint density at radius 2 is 1.96 bits per heavy atom. The van der Waals surface area contributed by atoms with E-state index < -0.39 is 0 Å². The molecule has 2 nitrogen and oxygen atoms in total. The van der Waals surface area contributed by atoms with E-state index in [9.17, 15) is 5.26 Å². The number of hydrogen-bond donors (Lipinski definition) is 0. The fraction of sp³-hybridized carbons (Fsp3) is 0.375. The van der Waals surface area contributed by atoms with Crippen molar-refractivity contribution in [3.8, 4) is 6.07 Å². The summed E-state index contributed by atoms with van der Waals surface area (Å²) in [7, 11) is 0. The van der Waals surface area contributed by atoms with Gasteiger partial charge in [0.1, 0.15) is 0 Å². The predicted molar refractivity (Wildman–Crippen MR) is 111 cm³/mol. The van der Waals surface area contributed by atoms with E-state index in [-0.39, 0.29) is 5.54 Å². The molecule has 0 aromatic heterocycles. The van der Waals surface area contributed by atoms with Crippen LogP contribution < -0.4 is 4.90 Å². The predicted octanol–water partition coefficient (Wildman–Crippen LogP) is 6.17. The second kappa shape index (κ2) is 7.00. The molecule has 0 saturated carbocycles. The summed E-state index contributed by atoms with van der Waals surface area (Å²) in [5.41, 5.74) is 6.97. The van der Waals surface area contributed by atoms with E-state index in [1.165, 1.54) is 16.8 Å². The molecule has 0 aliphatic carbocycles. The van der Waals surface area contributed by atoms with Crippen LogP contribution in [0.25, 0.3) is 11.6 Å². The number of aryl methyl sites for hydroxylation is 1. The average molecular weight is 345 g/mol. The molecule has 2 aromatic rings. The van der Waals surface area contributed by atoms with Crippen LogP contribution in [0.3, 0.4) is 0 Å². The van der Waals surface area contributed by atoms with Crippen LogP contribution >= 0.6 is 0 Å². The molecule has 0 bridgehead atoms. The van der Waals surface area contributed by atoms with Crippen molar-refractivity contribution < 1.29 is 0 Å². The van der Waals surface area contributed by atoms with Crippen molar-refractivity contribution in [3.05, 3.63) is 64.7 Å². The maximum atomic E-state index is 9.64. The zero-order valence-corrected chi connectivity index (χ0v) is 16.5. The van der Waals surface area contributed by atoms with Gasteiger partial charge in [-0.3, -0.25) is 0 Å². The number of rotatable bonds is 3. The van der Waals surface area contributed by atoms with Gasteiger partial charge in [-0.05, 0) is 80.5 Å². The highest BCUT2D eigenvalue weighted by Crippen LogP contribution is 2.44. The van der Waals surface area contributed by atoms with Gasteiger partial charge < -0.3 is 4.90 Å². The number of nitrogens with zero attached hydrogens (tertiary/aromatic N) is 2. The SMILES string of the molecule is CCN1c2cc(C)c(/C=C(\C#N)c3ccccc3)cc2C(C)CC1(C)C. The highest BCUT2D eigenvalue weighted by atomic mass is 15.2. The van der Waals surface area contributed by atoms with Gasteiger partial charge in [0.05, 0.1) is 11.6 Å². The fourth-order valence-corrected chi connectivity index (χ4v) is 4.36. The fourth-order valence-electron chi connectivity index (χ4n) is 4.36. The standard InChI is InChI=1S/C24H28N2/c1-6-26-23-12-17(2)20(14-22(23)18(3)15-24(26,4)5)13-21(16-25)19-10-8-7-9-11-19/h7-14,18H,6,15H2,1-5H3/b21-13+. The molecule has 0 amide bonds. The number of anilines is 1. The third kappa shape index (κ3) is 3.27. The molecule has 2 heteroatoms. The zero-order chi connectivity index (χ0) is 18.9. The minimum Gasteiger partial charge on any atom is -0.366 e. The second-order valence-electron chi connectivity index (χ2n) is 7.97. The second-order valence-corrected chi connectivity index (χ2v) is 7.97. The van der Waals surface area contributed by atoms with Crippen LogP contribution in [0.15, 0.2) is 42.5 Å². The third-order valence-electron chi connectivity index (χ3n) is 5.59. The van der Waals surface area contributed by atoms with Gasteiger partial charge >= 0.3 is 0 Å². The van der Waals surface area contributed by atoms with Crippen LogP contribution in [0.5, 0.6) is 0 Å². The summed E-state index contributed by atoms with van der Waals surface area (Å²) in [6.07, 6.45) is 3.18. The Kier molecular flexibility index (Phi) is 4.92. The Morgan fingerprint density at radius 1 is 1.27 bits per heavy atom. The lowest BCUT2D eigenvalue weighted by Gasteiger charge is -2.47. The zero-order valence-electron chi connectivity index (χ0n) is 16.5. The largest absolute Gasteiger partial charge is 0.366 e. The maximum absolute atomic E-state index is 9.64. The Morgan fingerprint density at radius 3 is 2.58 bits per heavy atom. The van der Waals surface area contributed by atoms with Gasteiger partial charge in [0.25, 0.3) is 0 Å². The molecular formula is C24H28N2. The van der Waals surface area contributed by atoms with Gasteiger partial charge in [0, 0.05) is 17.8 Å². The van der Waals surface area contributed by atoms with E-state index in [0.717, 1.165) is 24.1 Å². The maximum Gasteiger partial charge on any atom is 0.0998 e. The lowest BCUT2D eigenvalue weighted by Crippen LogP contribution is -2.48. The van der Waals surface area contributed by atoms with Crippen molar-refractivity contribution in [2.45, 2.75) is 52.5 Å². The molecule has 0 saturated heterocycles. The van der Waals surface area contributed by atoms with Crippen molar-refractivity contribution >= 4 is 17.3 Å². The van der Waals surface area contributed by atoms with Crippen LogP contribution in [0.1, 0.15) is 62.3 Å². The molecule has 134 valence electrons. The van der Waals surface area contributed by atoms with Crippen molar-refractivity contribution in [3.63, 3.8) is 0 Å². The van der Waals surface area contributed by atoms with E-state index in [4.69, 9.17) is 0 Å². The van der Waals surface area contributed by atoms with Gasteiger partial charge in [-0.15, -0.1) is 0 Å². The normalized spacial score (nSPS) is 19.0. The number of nitriles is 1. The molecule has 2 aromatic carbocycles. The van der Waals surface area contributed by atoms with E-state index in [2.05, 4.69) is 57.7 Å². The summed E-state index contributed by atoms with van der Waals surface area (Å²) in [6.45, 7) is 12.4. The van der Waals surface area contributed by atoms with E-state index in [0.29, 0.717) is 11.5 Å². The van der Waals surface area contributed by atoms with Gasteiger partial charge in [-0.25, -0.2) is 0 Å². The first-order valence-electron chi connectivity index (χ1n) is 9.46. The quantitative estimate of drug-likeness (QED) is 0.491. The Hall–Kier alpha value is -2.53. The summed E-state index contributed by atoms with van der Waals surface area (Å²) in [5.74, 6) is 0.512. The number of hydrogen-bond acceptors (Lipinski definition) is 2. The third-order valence-corrected chi connectivity index (χ3v) is 5.59. The molecular weight excluding hydrogens is 316 g/mol. The first-order chi connectivity index (χ1) is 12.4.